The number of halogens is 2. The second-order valence-electron chi connectivity index (χ2n) is 3.04. The molecule has 2 nitrogen and oxygen atoms in total. The van der Waals surface area contributed by atoms with Gasteiger partial charge in [-0.05, 0) is 12.8 Å². The van der Waals surface area contributed by atoms with E-state index in [9.17, 15) is 0 Å². The summed E-state index contributed by atoms with van der Waals surface area (Å²) in [4.78, 5) is 0. The Labute approximate surface area is 104 Å². The van der Waals surface area contributed by atoms with Gasteiger partial charge in [-0.1, -0.05) is 51.6 Å². The summed E-state index contributed by atoms with van der Waals surface area (Å²) in [5.41, 5.74) is 0. The topological polar surface area (TPSA) is 18.5 Å². The Morgan fingerprint density at radius 1 is 1.00 bits per heavy atom. The van der Waals surface area contributed by atoms with Crippen molar-refractivity contribution in [1.82, 2.24) is 0 Å². The Kier molecular flexibility index (Phi) is 12.7. The molecule has 0 radical (unpaired) electrons. The quantitative estimate of drug-likeness (QED) is 0.345. The lowest BCUT2D eigenvalue weighted by molar-refractivity contribution is -0.138. The van der Waals surface area contributed by atoms with E-state index >= 15 is 0 Å². The van der Waals surface area contributed by atoms with Crippen LogP contribution in [-0.4, -0.2) is 30.2 Å². The van der Waals surface area contributed by atoms with Gasteiger partial charge in [-0.2, -0.15) is 0 Å². The number of rotatable bonds is 10. The maximum Gasteiger partial charge on any atom is 0.157 e. The smallest absolute Gasteiger partial charge is 0.157 e. The predicted molar refractivity (Wildman–Crippen MR) is 67.4 cm³/mol. The molecule has 0 rings (SSSR count). The fourth-order valence-electron chi connectivity index (χ4n) is 1.13. The zero-order valence-electron chi connectivity index (χ0n) is 8.81. The number of ether oxygens (including phenoxy) is 2. The minimum absolute atomic E-state index is 0.0170. The zero-order valence-corrected chi connectivity index (χ0v) is 12.0. The first-order valence-corrected chi connectivity index (χ1v) is 7.44. The molecule has 4 heteroatoms. The molecule has 0 aliphatic carbocycles. The SMILES string of the molecule is CCCCCC(OCCBr)OCCBr. The summed E-state index contributed by atoms with van der Waals surface area (Å²) in [7, 11) is 0. The second kappa shape index (κ2) is 12.0. The number of alkyl halides is 2. The highest BCUT2D eigenvalue weighted by molar-refractivity contribution is 9.09. The largest absolute Gasteiger partial charge is 0.352 e. The van der Waals surface area contributed by atoms with E-state index in [4.69, 9.17) is 9.47 Å². The van der Waals surface area contributed by atoms with Crippen molar-refractivity contribution in [3.05, 3.63) is 0 Å². The van der Waals surface area contributed by atoms with Crippen LogP contribution in [0.25, 0.3) is 0 Å². The molecule has 0 amide bonds. The Morgan fingerprint density at radius 2 is 1.57 bits per heavy atom. The molecule has 0 saturated heterocycles. The molecular weight excluding hydrogens is 312 g/mol. The molecule has 0 aromatic rings. The maximum absolute atomic E-state index is 5.55. The van der Waals surface area contributed by atoms with Gasteiger partial charge in [0.05, 0.1) is 13.2 Å². The monoisotopic (exact) mass is 330 g/mol. The van der Waals surface area contributed by atoms with Gasteiger partial charge in [-0.3, -0.25) is 0 Å². The van der Waals surface area contributed by atoms with E-state index < -0.39 is 0 Å². The Balaban J connectivity index is 3.49. The van der Waals surface area contributed by atoms with E-state index in [2.05, 4.69) is 38.8 Å². The summed E-state index contributed by atoms with van der Waals surface area (Å²) < 4.78 is 11.1. The third-order valence-corrected chi connectivity index (χ3v) is 2.45. The van der Waals surface area contributed by atoms with Crippen LogP contribution in [0.15, 0.2) is 0 Å². The van der Waals surface area contributed by atoms with Gasteiger partial charge < -0.3 is 9.47 Å². The minimum atomic E-state index is -0.0170. The molecular formula is C10H20Br2O2. The Bertz CT molecular complexity index is 104. The molecule has 0 N–H and O–H groups in total. The third-order valence-electron chi connectivity index (χ3n) is 1.81. The summed E-state index contributed by atoms with van der Waals surface area (Å²) in [6, 6.07) is 0. The summed E-state index contributed by atoms with van der Waals surface area (Å²) in [5.74, 6) is 0. The molecule has 0 aliphatic rings. The highest BCUT2D eigenvalue weighted by atomic mass is 79.9. The van der Waals surface area contributed by atoms with Crippen molar-refractivity contribution in [2.45, 2.75) is 38.9 Å². The fourth-order valence-corrected chi connectivity index (χ4v) is 1.50. The number of hydrogen-bond donors (Lipinski definition) is 0. The van der Waals surface area contributed by atoms with Crippen LogP contribution in [0.3, 0.4) is 0 Å². The van der Waals surface area contributed by atoms with Gasteiger partial charge in [0.1, 0.15) is 0 Å². The molecule has 0 bridgehead atoms. The normalized spacial score (nSPS) is 11.1. The van der Waals surface area contributed by atoms with Gasteiger partial charge in [-0.25, -0.2) is 0 Å². The van der Waals surface area contributed by atoms with E-state index in [1.54, 1.807) is 0 Å². The van der Waals surface area contributed by atoms with E-state index in [1.165, 1.54) is 19.3 Å². The van der Waals surface area contributed by atoms with Crippen molar-refractivity contribution in [1.29, 1.82) is 0 Å². The number of unbranched alkanes of at least 4 members (excludes halogenated alkanes) is 2. The van der Waals surface area contributed by atoms with Crippen LogP contribution < -0.4 is 0 Å². The summed E-state index contributed by atoms with van der Waals surface area (Å²) in [5, 5.41) is 1.74. The highest BCUT2D eigenvalue weighted by Crippen LogP contribution is 2.08. The molecule has 14 heavy (non-hydrogen) atoms. The second-order valence-corrected chi connectivity index (χ2v) is 4.63. The van der Waals surface area contributed by atoms with Gasteiger partial charge in [0, 0.05) is 10.7 Å². The molecule has 0 heterocycles. The Morgan fingerprint density at radius 3 is 2.00 bits per heavy atom. The molecule has 0 aromatic heterocycles. The summed E-state index contributed by atoms with van der Waals surface area (Å²) in [6.45, 7) is 3.64. The van der Waals surface area contributed by atoms with Crippen molar-refractivity contribution >= 4 is 31.9 Å². The van der Waals surface area contributed by atoms with Crippen molar-refractivity contribution in [2.75, 3.05) is 23.9 Å². The van der Waals surface area contributed by atoms with Crippen molar-refractivity contribution in [2.24, 2.45) is 0 Å². The number of hydrogen-bond acceptors (Lipinski definition) is 2. The minimum Gasteiger partial charge on any atom is -0.352 e. The molecule has 0 aromatic carbocycles. The average molecular weight is 332 g/mol. The van der Waals surface area contributed by atoms with Gasteiger partial charge in [0.15, 0.2) is 6.29 Å². The van der Waals surface area contributed by atoms with Crippen LogP contribution in [0.1, 0.15) is 32.6 Å². The van der Waals surface area contributed by atoms with E-state index in [0.717, 1.165) is 30.3 Å². The van der Waals surface area contributed by atoms with Gasteiger partial charge in [0.25, 0.3) is 0 Å². The van der Waals surface area contributed by atoms with Crippen LogP contribution in [0.2, 0.25) is 0 Å². The molecule has 0 fully saturated rings. The standard InChI is InChI=1S/C10H20Br2O2/c1-2-3-4-5-10(13-8-6-11)14-9-7-12/h10H,2-9H2,1H3. The molecule has 0 unspecified atom stereocenters. The van der Waals surface area contributed by atoms with Gasteiger partial charge in [0.2, 0.25) is 0 Å². The molecule has 86 valence electrons. The lowest BCUT2D eigenvalue weighted by Gasteiger charge is -2.17. The van der Waals surface area contributed by atoms with Crippen LogP contribution in [0.5, 0.6) is 0 Å². The third kappa shape index (κ3) is 9.44. The lowest BCUT2D eigenvalue weighted by Crippen LogP contribution is -2.19. The Hall–Kier alpha value is 0.880. The van der Waals surface area contributed by atoms with Crippen molar-refractivity contribution in [3.8, 4) is 0 Å². The molecule has 0 spiro atoms. The van der Waals surface area contributed by atoms with Crippen LogP contribution in [0.4, 0.5) is 0 Å². The predicted octanol–water partition coefficient (Wildman–Crippen LogP) is 3.72. The maximum atomic E-state index is 5.55. The first-order valence-electron chi connectivity index (χ1n) is 5.20. The lowest BCUT2D eigenvalue weighted by atomic mass is 10.2. The average Bonchev–Trinajstić information content (AvgIpc) is 2.21. The van der Waals surface area contributed by atoms with Crippen LogP contribution >= 0.6 is 31.9 Å². The van der Waals surface area contributed by atoms with Gasteiger partial charge in [-0.15, -0.1) is 0 Å². The molecule has 0 atom stereocenters. The highest BCUT2D eigenvalue weighted by Gasteiger charge is 2.07. The first kappa shape index (κ1) is 14.9. The van der Waals surface area contributed by atoms with E-state index in [1.807, 2.05) is 0 Å². The van der Waals surface area contributed by atoms with Gasteiger partial charge >= 0.3 is 0 Å². The van der Waals surface area contributed by atoms with Crippen molar-refractivity contribution < 1.29 is 9.47 Å². The van der Waals surface area contributed by atoms with Crippen LogP contribution in [-0.2, 0) is 9.47 Å². The summed E-state index contributed by atoms with van der Waals surface area (Å²) >= 11 is 6.68. The molecule has 0 aliphatic heterocycles. The summed E-state index contributed by atoms with van der Waals surface area (Å²) in [6.07, 6.45) is 4.67. The van der Waals surface area contributed by atoms with Crippen LogP contribution in [0, 0.1) is 0 Å². The van der Waals surface area contributed by atoms with E-state index in [0.29, 0.717) is 0 Å². The van der Waals surface area contributed by atoms with Crippen molar-refractivity contribution in [3.63, 3.8) is 0 Å². The van der Waals surface area contributed by atoms with E-state index in [-0.39, 0.29) is 6.29 Å². The molecule has 0 saturated carbocycles. The fraction of sp³-hybridized carbons (Fsp3) is 1.00. The first-order chi connectivity index (χ1) is 6.85. The zero-order chi connectivity index (χ0) is 10.6.